The minimum absolute atomic E-state index is 0.109. The number of imidazole rings is 1. The topological polar surface area (TPSA) is 64.0 Å². The van der Waals surface area contributed by atoms with Crippen molar-refractivity contribution in [2.75, 3.05) is 0 Å². The molecule has 104 valence electrons. The van der Waals surface area contributed by atoms with E-state index in [2.05, 4.69) is 23.6 Å². The standard InChI is InChI=1S/C11H20ClN3O2S/c1-5-8(2)6-9(3)14-18(16,17)11-10(12)15(4)7-13-11/h7-9,14H,5-6H2,1-4H3. The SMILES string of the molecule is CCC(C)CC(C)NS(=O)(=O)c1ncn(C)c1Cl. The van der Waals surface area contributed by atoms with Crippen LogP contribution in [0.2, 0.25) is 5.15 Å². The van der Waals surface area contributed by atoms with E-state index < -0.39 is 10.0 Å². The van der Waals surface area contributed by atoms with Crippen LogP contribution in [0.5, 0.6) is 0 Å². The average Bonchev–Trinajstić information content (AvgIpc) is 2.59. The first kappa shape index (κ1) is 15.5. The van der Waals surface area contributed by atoms with Gasteiger partial charge in [0.05, 0.1) is 6.33 Å². The first-order valence-corrected chi connectivity index (χ1v) is 7.83. The van der Waals surface area contributed by atoms with Crippen molar-refractivity contribution in [3.05, 3.63) is 11.5 Å². The Morgan fingerprint density at radius 3 is 2.56 bits per heavy atom. The van der Waals surface area contributed by atoms with E-state index >= 15 is 0 Å². The minimum Gasteiger partial charge on any atom is -0.324 e. The molecular formula is C11H20ClN3O2S. The molecule has 0 radical (unpaired) electrons. The van der Waals surface area contributed by atoms with Crippen molar-refractivity contribution < 1.29 is 8.42 Å². The Bertz CT molecular complexity index is 498. The van der Waals surface area contributed by atoms with E-state index in [1.807, 2.05) is 6.92 Å². The molecule has 0 aromatic carbocycles. The van der Waals surface area contributed by atoms with E-state index in [-0.39, 0.29) is 16.2 Å². The fourth-order valence-electron chi connectivity index (χ4n) is 1.71. The Kier molecular flexibility index (Phi) is 5.19. The molecule has 0 fully saturated rings. The van der Waals surface area contributed by atoms with Crippen LogP contribution in [0.25, 0.3) is 0 Å². The molecule has 0 aliphatic rings. The van der Waals surface area contributed by atoms with Gasteiger partial charge in [-0.05, 0) is 19.3 Å². The van der Waals surface area contributed by atoms with Crippen LogP contribution in [0.4, 0.5) is 0 Å². The highest BCUT2D eigenvalue weighted by Gasteiger charge is 2.24. The van der Waals surface area contributed by atoms with Gasteiger partial charge in [0, 0.05) is 13.1 Å². The third kappa shape index (κ3) is 3.70. The van der Waals surface area contributed by atoms with Crippen LogP contribution in [0, 0.1) is 5.92 Å². The van der Waals surface area contributed by atoms with E-state index in [1.54, 1.807) is 7.05 Å². The lowest BCUT2D eigenvalue weighted by atomic mass is 10.0. The second-order valence-electron chi connectivity index (χ2n) is 4.72. The lowest BCUT2D eigenvalue weighted by Gasteiger charge is -2.16. The zero-order valence-corrected chi connectivity index (χ0v) is 12.7. The summed E-state index contributed by atoms with van der Waals surface area (Å²) in [5.74, 6) is 0.474. The molecule has 0 bridgehead atoms. The molecule has 0 aliphatic carbocycles. The van der Waals surface area contributed by atoms with Gasteiger partial charge in [-0.2, -0.15) is 0 Å². The van der Waals surface area contributed by atoms with Gasteiger partial charge in [0.1, 0.15) is 5.15 Å². The normalized spacial score (nSPS) is 15.6. The summed E-state index contributed by atoms with van der Waals surface area (Å²) in [6.45, 7) is 6.03. The number of sulfonamides is 1. The largest absolute Gasteiger partial charge is 0.324 e. The molecule has 2 unspecified atom stereocenters. The number of aromatic nitrogens is 2. The van der Waals surface area contributed by atoms with Crippen LogP contribution in [0.3, 0.4) is 0 Å². The van der Waals surface area contributed by atoms with E-state index in [4.69, 9.17) is 11.6 Å². The molecule has 1 aromatic rings. The van der Waals surface area contributed by atoms with Crippen molar-refractivity contribution >= 4 is 21.6 Å². The molecule has 1 aromatic heterocycles. The number of hydrogen-bond acceptors (Lipinski definition) is 3. The Morgan fingerprint density at radius 2 is 2.11 bits per heavy atom. The fourth-order valence-corrected chi connectivity index (χ4v) is 3.40. The summed E-state index contributed by atoms with van der Waals surface area (Å²) in [5.41, 5.74) is 0. The smallest absolute Gasteiger partial charge is 0.261 e. The number of halogens is 1. The average molecular weight is 294 g/mol. The van der Waals surface area contributed by atoms with Gasteiger partial charge in [-0.3, -0.25) is 0 Å². The summed E-state index contributed by atoms with van der Waals surface area (Å²) in [6.07, 6.45) is 3.20. The molecule has 0 saturated heterocycles. The maximum Gasteiger partial charge on any atom is 0.261 e. The Balaban J connectivity index is 2.80. The van der Waals surface area contributed by atoms with Crippen LogP contribution < -0.4 is 4.72 Å². The van der Waals surface area contributed by atoms with Crippen LogP contribution in [-0.4, -0.2) is 24.0 Å². The Labute approximate surface area is 114 Å². The molecule has 2 atom stereocenters. The Hall–Kier alpha value is -0.590. The lowest BCUT2D eigenvalue weighted by Crippen LogP contribution is -2.34. The quantitative estimate of drug-likeness (QED) is 0.874. The first-order chi connectivity index (χ1) is 8.27. The maximum atomic E-state index is 12.1. The number of aryl methyl sites for hydroxylation is 1. The van der Waals surface area contributed by atoms with Crippen LogP contribution in [-0.2, 0) is 17.1 Å². The molecule has 1 N–H and O–H groups in total. The summed E-state index contributed by atoms with van der Waals surface area (Å²) in [7, 11) is -1.99. The summed E-state index contributed by atoms with van der Waals surface area (Å²) in [4.78, 5) is 3.82. The van der Waals surface area contributed by atoms with Crippen LogP contribution in [0.1, 0.15) is 33.6 Å². The highest BCUT2D eigenvalue weighted by atomic mass is 35.5. The predicted molar refractivity (Wildman–Crippen MR) is 72.1 cm³/mol. The van der Waals surface area contributed by atoms with Gasteiger partial charge in [0.25, 0.3) is 10.0 Å². The molecule has 0 saturated carbocycles. The summed E-state index contributed by atoms with van der Waals surface area (Å²) < 4.78 is 28.2. The van der Waals surface area contributed by atoms with Crippen LogP contribution in [0.15, 0.2) is 11.4 Å². The van der Waals surface area contributed by atoms with Gasteiger partial charge < -0.3 is 4.57 Å². The van der Waals surface area contributed by atoms with Crippen molar-refractivity contribution in [1.82, 2.24) is 14.3 Å². The van der Waals surface area contributed by atoms with E-state index in [9.17, 15) is 8.42 Å². The van der Waals surface area contributed by atoms with Gasteiger partial charge >= 0.3 is 0 Å². The maximum absolute atomic E-state index is 12.1. The monoisotopic (exact) mass is 293 g/mol. The first-order valence-electron chi connectivity index (χ1n) is 5.97. The molecule has 0 amide bonds. The molecule has 1 rings (SSSR count). The third-order valence-corrected chi connectivity index (χ3v) is 4.98. The molecule has 0 spiro atoms. The van der Waals surface area contributed by atoms with Gasteiger partial charge in [-0.25, -0.2) is 18.1 Å². The highest BCUT2D eigenvalue weighted by molar-refractivity contribution is 7.89. The van der Waals surface area contributed by atoms with E-state index in [0.29, 0.717) is 5.92 Å². The molecule has 1 heterocycles. The number of rotatable bonds is 6. The third-order valence-electron chi connectivity index (χ3n) is 2.90. The van der Waals surface area contributed by atoms with Crippen molar-refractivity contribution in [2.24, 2.45) is 13.0 Å². The number of hydrogen-bond donors (Lipinski definition) is 1. The highest BCUT2D eigenvalue weighted by Crippen LogP contribution is 2.19. The second-order valence-corrected chi connectivity index (χ2v) is 6.71. The fraction of sp³-hybridized carbons (Fsp3) is 0.727. The molecule has 7 heteroatoms. The van der Waals surface area contributed by atoms with Gasteiger partial charge in [-0.15, -0.1) is 0 Å². The second kappa shape index (κ2) is 6.04. The Morgan fingerprint density at radius 1 is 1.50 bits per heavy atom. The molecular weight excluding hydrogens is 274 g/mol. The number of nitrogens with one attached hydrogen (secondary N) is 1. The van der Waals surface area contributed by atoms with Gasteiger partial charge in [0.2, 0.25) is 5.03 Å². The van der Waals surface area contributed by atoms with Gasteiger partial charge in [-0.1, -0.05) is 31.9 Å². The van der Waals surface area contributed by atoms with Crippen molar-refractivity contribution in [2.45, 2.75) is 44.7 Å². The van der Waals surface area contributed by atoms with Crippen molar-refractivity contribution in [3.63, 3.8) is 0 Å². The molecule has 18 heavy (non-hydrogen) atoms. The van der Waals surface area contributed by atoms with E-state index in [1.165, 1.54) is 10.9 Å². The molecule has 5 nitrogen and oxygen atoms in total. The van der Waals surface area contributed by atoms with Crippen LogP contribution >= 0.6 is 11.6 Å². The summed E-state index contributed by atoms with van der Waals surface area (Å²) in [6, 6.07) is -0.136. The van der Waals surface area contributed by atoms with Crippen molar-refractivity contribution in [1.29, 1.82) is 0 Å². The van der Waals surface area contributed by atoms with E-state index in [0.717, 1.165) is 12.8 Å². The zero-order chi connectivity index (χ0) is 13.9. The summed E-state index contributed by atoms with van der Waals surface area (Å²) in [5, 5.41) is 0.0147. The molecule has 0 aliphatic heterocycles. The van der Waals surface area contributed by atoms with Crippen molar-refractivity contribution in [3.8, 4) is 0 Å². The zero-order valence-electron chi connectivity index (χ0n) is 11.1. The number of nitrogens with zero attached hydrogens (tertiary/aromatic N) is 2. The summed E-state index contributed by atoms with van der Waals surface area (Å²) >= 11 is 5.89. The predicted octanol–water partition coefficient (Wildman–Crippen LogP) is 2.18. The van der Waals surface area contributed by atoms with Gasteiger partial charge in [0.15, 0.2) is 0 Å². The minimum atomic E-state index is -3.64. The lowest BCUT2D eigenvalue weighted by molar-refractivity contribution is 0.445.